The lowest BCUT2D eigenvalue weighted by atomic mass is 9.67. The summed E-state index contributed by atoms with van der Waals surface area (Å²) in [6.07, 6.45) is 9.31. The van der Waals surface area contributed by atoms with Gasteiger partial charge in [0.25, 0.3) is 0 Å². The van der Waals surface area contributed by atoms with Crippen LogP contribution in [0.2, 0.25) is 0 Å². The predicted molar refractivity (Wildman–Crippen MR) is 230 cm³/mol. The first-order valence-electron chi connectivity index (χ1n) is 19.7. The van der Waals surface area contributed by atoms with Gasteiger partial charge in [0.05, 0.1) is 5.41 Å². The van der Waals surface area contributed by atoms with Gasteiger partial charge in [-0.3, -0.25) is 0 Å². The molecule has 2 unspecified atom stereocenters. The Morgan fingerprint density at radius 3 is 1.53 bits per heavy atom. The lowest BCUT2D eigenvalue weighted by molar-refractivity contribution is 0.324. The molecule has 7 aromatic rings. The number of aryl methyl sites for hydroxylation is 1. The van der Waals surface area contributed by atoms with E-state index in [2.05, 4.69) is 215 Å². The molecule has 1 spiro atoms. The maximum Gasteiger partial charge on any atom is 0.0726 e. The number of hydrogen-bond acceptors (Lipinski definition) is 1. The van der Waals surface area contributed by atoms with Gasteiger partial charge in [0.2, 0.25) is 0 Å². The normalized spacial score (nSPS) is 19.7. The van der Waals surface area contributed by atoms with Crippen LogP contribution in [0.5, 0.6) is 0 Å². The molecular weight excluding hydrogens is 663 g/mol. The zero-order valence-electron chi connectivity index (χ0n) is 31.8. The lowest BCUT2D eigenvalue weighted by Gasteiger charge is -2.36. The van der Waals surface area contributed by atoms with Crippen LogP contribution >= 0.6 is 0 Å². The molecule has 0 bridgehead atoms. The van der Waals surface area contributed by atoms with Gasteiger partial charge >= 0.3 is 0 Å². The Hall–Kier alpha value is -6.18. The van der Waals surface area contributed by atoms with Crippen LogP contribution in [0.15, 0.2) is 182 Å². The van der Waals surface area contributed by atoms with Gasteiger partial charge in [-0.15, -0.1) is 0 Å². The fourth-order valence-electron chi connectivity index (χ4n) is 11.0. The largest absolute Gasteiger partial charge is 0.310 e. The molecule has 1 heteroatoms. The monoisotopic (exact) mass is 705 g/mol. The molecule has 264 valence electrons. The molecule has 0 aliphatic heterocycles. The molecule has 1 nitrogen and oxygen atoms in total. The molecule has 0 amide bonds. The van der Waals surface area contributed by atoms with Gasteiger partial charge in [0.1, 0.15) is 0 Å². The molecule has 0 saturated carbocycles. The summed E-state index contributed by atoms with van der Waals surface area (Å²) in [5.74, 6) is 0.401. The smallest absolute Gasteiger partial charge is 0.0726 e. The van der Waals surface area contributed by atoms with Gasteiger partial charge < -0.3 is 4.90 Å². The van der Waals surface area contributed by atoms with Crippen molar-refractivity contribution in [1.82, 2.24) is 0 Å². The summed E-state index contributed by atoms with van der Waals surface area (Å²) >= 11 is 0. The van der Waals surface area contributed by atoms with E-state index in [1.165, 1.54) is 78.0 Å². The topological polar surface area (TPSA) is 3.24 Å². The van der Waals surface area contributed by atoms with Crippen LogP contribution in [0.3, 0.4) is 0 Å². The fourth-order valence-corrected chi connectivity index (χ4v) is 11.0. The highest BCUT2D eigenvalue weighted by atomic mass is 15.1. The zero-order chi connectivity index (χ0) is 37.1. The molecule has 2 atom stereocenters. The first-order chi connectivity index (χ1) is 26.8. The third-order valence-corrected chi connectivity index (χ3v) is 13.6. The molecule has 0 fully saturated rings. The fraction of sp³-hybridized carbons (Fsp3) is 0.148. The Morgan fingerprint density at radius 2 is 0.927 bits per heavy atom. The average molecular weight is 706 g/mol. The van der Waals surface area contributed by atoms with Crippen LogP contribution < -0.4 is 4.90 Å². The van der Waals surface area contributed by atoms with E-state index in [0.717, 1.165) is 11.4 Å². The first-order valence-corrected chi connectivity index (χ1v) is 19.7. The van der Waals surface area contributed by atoms with Crippen molar-refractivity contribution in [2.24, 2.45) is 5.92 Å². The van der Waals surface area contributed by atoms with E-state index in [1.54, 1.807) is 0 Å². The van der Waals surface area contributed by atoms with Crippen molar-refractivity contribution >= 4 is 17.1 Å². The van der Waals surface area contributed by atoms with Crippen LogP contribution in [0, 0.1) is 12.8 Å². The minimum absolute atomic E-state index is 0.0246. The van der Waals surface area contributed by atoms with E-state index in [-0.39, 0.29) is 10.8 Å². The number of allylic oxidation sites excluding steroid dienone is 4. The minimum atomic E-state index is -0.404. The molecular formula is C54H43N. The predicted octanol–water partition coefficient (Wildman–Crippen LogP) is 13.8. The van der Waals surface area contributed by atoms with Gasteiger partial charge in [-0.05, 0) is 121 Å². The lowest BCUT2D eigenvalue weighted by Crippen LogP contribution is -2.33. The molecule has 0 aromatic heterocycles. The number of benzene rings is 7. The zero-order valence-corrected chi connectivity index (χ0v) is 31.8. The number of hydrogen-bond donors (Lipinski definition) is 0. The minimum Gasteiger partial charge on any atom is -0.310 e. The van der Waals surface area contributed by atoms with E-state index < -0.39 is 5.41 Å². The number of anilines is 3. The molecule has 0 N–H and O–H groups in total. The van der Waals surface area contributed by atoms with E-state index >= 15 is 0 Å². The molecule has 7 aromatic carbocycles. The van der Waals surface area contributed by atoms with E-state index in [1.807, 2.05) is 0 Å². The van der Waals surface area contributed by atoms with Crippen molar-refractivity contribution in [3.8, 4) is 33.4 Å². The Labute approximate surface area is 325 Å². The van der Waals surface area contributed by atoms with Crippen LogP contribution in [0.1, 0.15) is 59.7 Å². The van der Waals surface area contributed by atoms with E-state index in [9.17, 15) is 0 Å². The molecule has 0 radical (unpaired) electrons. The molecule has 4 aliphatic rings. The molecule has 4 aliphatic carbocycles. The van der Waals surface area contributed by atoms with Gasteiger partial charge in [-0.2, -0.15) is 0 Å². The Morgan fingerprint density at radius 1 is 0.436 bits per heavy atom. The van der Waals surface area contributed by atoms with Crippen molar-refractivity contribution in [2.75, 3.05) is 4.90 Å². The summed E-state index contributed by atoms with van der Waals surface area (Å²) < 4.78 is 0. The standard InChI is InChI=1S/C54H43N/c1-35-20-22-36(23-21-35)37-24-26-38(27-25-37)55(40-29-31-48-50(34-40)52(2,3)51-19-11-12-32-53(48,51)4)39-28-30-44-43-15-7-10-18-47(43)54(49(44)33-39)45-16-8-5-13-41(45)42-14-6-9-17-46(42)54/h5-34,51H,1-4H3. The summed E-state index contributed by atoms with van der Waals surface area (Å²) in [5.41, 5.74) is 20.4. The average Bonchev–Trinajstić information content (AvgIpc) is 3.75. The van der Waals surface area contributed by atoms with Gasteiger partial charge in [-0.1, -0.05) is 172 Å². The third-order valence-electron chi connectivity index (χ3n) is 13.6. The van der Waals surface area contributed by atoms with Crippen molar-refractivity contribution in [2.45, 2.75) is 43.9 Å². The third kappa shape index (κ3) is 4.30. The van der Waals surface area contributed by atoms with Crippen molar-refractivity contribution in [3.63, 3.8) is 0 Å². The van der Waals surface area contributed by atoms with Crippen molar-refractivity contribution < 1.29 is 0 Å². The van der Waals surface area contributed by atoms with Crippen molar-refractivity contribution in [1.29, 1.82) is 0 Å². The highest BCUT2D eigenvalue weighted by molar-refractivity contribution is 5.96. The second-order valence-electron chi connectivity index (χ2n) is 16.8. The molecule has 0 saturated heterocycles. The Balaban J connectivity index is 1.14. The summed E-state index contributed by atoms with van der Waals surface area (Å²) in [4.78, 5) is 2.50. The van der Waals surface area contributed by atoms with E-state index in [4.69, 9.17) is 0 Å². The second-order valence-corrected chi connectivity index (χ2v) is 16.8. The highest BCUT2D eigenvalue weighted by Gasteiger charge is 2.53. The van der Waals surface area contributed by atoms with Crippen LogP contribution in [-0.2, 0) is 16.2 Å². The number of rotatable bonds is 4. The van der Waals surface area contributed by atoms with Gasteiger partial charge in [0, 0.05) is 22.5 Å². The first kappa shape index (κ1) is 32.3. The number of nitrogens with zero attached hydrogens (tertiary/aromatic N) is 1. The Kier molecular flexibility index (Phi) is 6.70. The highest BCUT2D eigenvalue weighted by Crippen LogP contribution is 2.63. The van der Waals surface area contributed by atoms with Gasteiger partial charge in [0.15, 0.2) is 0 Å². The summed E-state index contributed by atoms with van der Waals surface area (Å²) in [7, 11) is 0. The summed E-state index contributed by atoms with van der Waals surface area (Å²) in [6.45, 7) is 9.43. The number of fused-ring (bicyclic) bond motifs is 13. The van der Waals surface area contributed by atoms with Crippen LogP contribution in [-0.4, -0.2) is 0 Å². The second kappa shape index (κ2) is 11.4. The Bertz CT molecular complexity index is 2700. The summed E-state index contributed by atoms with van der Waals surface area (Å²) in [6, 6.07) is 59.8. The molecule has 11 rings (SSSR count). The summed E-state index contributed by atoms with van der Waals surface area (Å²) in [5, 5.41) is 0. The quantitative estimate of drug-likeness (QED) is 0.176. The SMILES string of the molecule is Cc1ccc(-c2ccc(N(c3ccc4c(c3)C3(c5ccccc5-c5ccccc53)c3ccccc3-4)c3ccc4c(c3)C(C)(C)C3C=CC=CC43C)cc2)cc1. The maximum absolute atomic E-state index is 2.51. The van der Waals surface area contributed by atoms with Gasteiger partial charge in [-0.25, -0.2) is 0 Å². The van der Waals surface area contributed by atoms with Crippen molar-refractivity contribution in [3.05, 3.63) is 221 Å². The maximum atomic E-state index is 2.51. The molecule has 0 heterocycles. The van der Waals surface area contributed by atoms with Crippen LogP contribution in [0.25, 0.3) is 33.4 Å². The van der Waals surface area contributed by atoms with Crippen LogP contribution in [0.4, 0.5) is 17.1 Å². The molecule has 55 heavy (non-hydrogen) atoms. The van der Waals surface area contributed by atoms with E-state index in [0.29, 0.717) is 5.92 Å².